The highest BCUT2D eigenvalue weighted by Crippen LogP contribution is 2.43. The summed E-state index contributed by atoms with van der Waals surface area (Å²) in [5.41, 5.74) is 10.0. The number of carbonyl (C=O) groups excluding carboxylic acids is 1. The third-order valence-corrected chi connectivity index (χ3v) is 6.55. The summed E-state index contributed by atoms with van der Waals surface area (Å²) < 4.78 is 0.964. The lowest BCUT2D eigenvalue weighted by atomic mass is 10.0. The fraction of sp³-hybridized carbons (Fsp3) is 0.200. The van der Waals surface area contributed by atoms with E-state index in [4.69, 9.17) is 5.73 Å². The molecule has 2 aromatic carbocycles. The minimum Gasteiger partial charge on any atom is -0.369 e. The Morgan fingerprint density at radius 2 is 1.80 bits per heavy atom. The molecule has 128 valence electrons. The molecule has 0 bridgehead atoms. The maximum absolute atomic E-state index is 11.2. The number of thioether (sulfide) groups is 1. The van der Waals surface area contributed by atoms with E-state index in [2.05, 4.69) is 60.4 Å². The molecular formula is C20H20N2OS2. The molecule has 25 heavy (non-hydrogen) atoms. The Bertz CT molecular complexity index is 874. The standard InChI is InChI=1S/C20H20N2OS2/c1-13-8-6-7-11-16(13)19(15-9-4-3-5-10-15)25-20-22-14(2)17(24-20)12-18(21)23/h3-11,19H,12H2,1-2H3,(H2,21,23). The lowest BCUT2D eigenvalue weighted by Crippen LogP contribution is -2.13. The molecule has 0 radical (unpaired) electrons. The van der Waals surface area contributed by atoms with Gasteiger partial charge in [0.2, 0.25) is 5.91 Å². The molecule has 2 N–H and O–H groups in total. The van der Waals surface area contributed by atoms with Gasteiger partial charge in [0.05, 0.1) is 17.4 Å². The second-order valence-electron chi connectivity index (χ2n) is 5.90. The largest absolute Gasteiger partial charge is 0.369 e. The molecule has 1 amide bonds. The quantitative estimate of drug-likeness (QED) is 0.643. The number of hydrogen-bond donors (Lipinski definition) is 1. The number of aryl methyl sites for hydroxylation is 2. The number of aromatic nitrogens is 1. The van der Waals surface area contributed by atoms with E-state index in [1.165, 1.54) is 16.7 Å². The van der Waals surface area contributed by atoms with Crippen molar-refractivity contribution in [3.05, 3.63) is 81.9 Å². The number of nitrogens with zero attached hydrogens (tertiary/aromatic N) is 1. The third-order valence-electron chi connectivity index (χ3n) is 4.00. The molecule has 0 saturated carbocycles. The first-order valence-corrected chi connectivity index (χ1v) is 9.76. The van der Waals surface area contributed by atoms with Gasteiger partial charge in [0.1, 0.15) is 0 Å². The summed E-state index contributed by atoms with van der Waals surface area (Å²) in [5, 5.41) is 0.161. The van der Waals surface area contributed by atoms with Crippen LogP contribution in [0, 0.1) is 13.8 Å². The molecule has 1 unspecified atom stereocenters. The van der Waals surface area contributed by atoms with Gasteiger partial charge < -0.3 is 5.73 Å². The minimum atomic E-state index is -0.318. The van der Waals surface area contributed by atoms with Crippen LogP contribution in [-0.4, -0.2) is 10.9 Å². The summed E-state index contributed by atoms with van der Waals surface area (Å²) in [5.74, 6) is -0.318. The molecule has 3 aromatic rings. The molecule has 0 aliphatic rings. The maximum atomic E-state index is 11.2. The second-order valence-corrected chi connectivity index (χ2v) is 8.33. The van der Waals surface area contributed by atoms with Crippen molar-refractivity contribution in [2.75, 3.05) is 0 Å². The lowest BCUT2D eigenvalue weighted by molar-refractivity contribution is -0.117. The molecule has 0 spiro atoms. The van der Waals surface area contributed by atoms with Crippen LogP contribution in [0.25, 0.3) is 0 Å². The molecule has 1 heterocycles. The second kappa shape index (κ2) is 7.85. The van der Waals surface area contributed by atoms with Gasteiger partial charge in [-0.2, -0.15) is 0 Å². The number of carbonyl (C=O) groups is 1. The first-order chi connectivity index (χ1) is 12.0. The minimum absolute atomic E-state index is 0.161. The Labute approximate surface area is 156 Å². The number of amides is 1. The van der Waals surface area contributed by atoms with Crippen molar-refractivity contribution in [1.29, 1.82) is 0 Å². The molecule has 0 saturated heterocycles. The van der Waals surface area contributed by atoms with Gasteiger partial charge in [-0.05, 0) is 30.5 Å². The van der Waals surface area contributed by atoms with Crippen LogP contribution in [0.15, 0.2) is 58.9 Å². The van der Waals surface area contributed by atoms with E-state index in [0.717, 1.165) is 14.9 Å². The van der Waals surface area contributed by atoms with Gasteiger partial charge in [-0.25, -0.2) is 4.98 Å². The average Bonchev–Trinajstić information content (AvgIpc) is 2.93. The maximum Gasteiger partial charge on any atom is 0.222 e. The monoisotopic (exact) mass is 368 g/mol. The van der Waals surface area contributed by atoms with Crippen molar-refractivity contribution in [2.45, 2.75) is 29.9 Å². The molecule has 0 aliphatic carbocycles. The Morgan fingerprint density at radius 1 is 1.12 bits per heavy atom. The van der Waals surface area contributed by atoms with Crippen LogP contribution in [0.4, 0.5) is 0 Å². The van der Waals surface area contributed by atoms with E-state index in [1.54, 1.807) is 23.1 Å². The van der Waals surface area contributed by atoms with Gasteiger partial charge in [-0.15, -0.1) is 11.3 Å². The van der Waals surface area contributed by atoms with Crippen LogP contribution in [0.3, 0.4) is 0 Å². The van der Waals surface area contributed by atoms with Gasteiger partial charge in [0.15, 0.2) is 4.34 Å². The van der Waals surface area contributed by atoms with Gasteiger partial charge in [0, 0.05) is 4.88 Å². The van der Waals surface area contributed by atoms with Crippen LogP contribution in [0.1, 0.15) is 32.5 Å². The van der Waals surface area contributed by atoms with E-state index < -0.39 is 0 Å². The summed E-state index contributed by atoms with van der Waals surface area (Å²) in [7, 11) is 0. The fourth-order valence-electron chi connectivity index (χ4n) is 2.69. The van der Waals surface area contributed by atoms with E-state index in [-0.39, 0.29) is 17.6 Å². The van der Waals surface area contributed by atoms with Crippen molar-refractivity contribution in [1.82, 2.24) is 4.98 Å². The van der Waals surface area contributed by atoms with E-state index >= 15 is 0 Å². The predicted octanol–water partition coefficient (Wildman–Crippen LogP) is 4.67. The van der Waals surface area contributed by atoms with Crippen molar-refractivity contribution in [3.63, 3.8) is 0 Å². The Hall–Kier alpha value is -2.11. The zero-order valence-corrected chi connectivity index (χ0v) is 15.9. The number of rotatable bonds is 6. The Morgan fingerprint density at radius 3 is 2.48 bits per heavy atom. The van der Waals surface area contributed by atoms with Gasteiger partial charge in [0.25, 0.3) is 0 Å². The topological polar surface area (TPSA) is 56.0 Å². The Kier molecular flexibility index (Phi) is 5.56. The summed E-state index contributed by atoms with van der Waals surface area (Å²) in [6.45, 7) is 4.07. The van der Waals surface area contributed by atoms with Crippen LogP contribution in [0.2, 0.25) is 0 Å². The normalized spacial score (nSPS) is 12.1. The van der Waals surface area contributed by atoms with Crippen LogP contribution < -0.4 is 5.73 Å². The summed E-state index contributed by atoms with van der Waals surface area (Å²) in [6, 6.07) is 18.9. The molecule has 3 rings (SSSR count). The van der Waals surface area contributed by atoms with Crippen molar-refractivity contribution >= 4 is 29.0 Å². The van der Waals surface area contributed by atoms with Crippen molar-refractivity contribution < 1.29 is 4.79 Å². The molecule has 1 aromatic heterocycles. The molecule has 1 atom stereocenters. The lowest BCUT2D eigenvalue weighted by Gasteiger charge is -2.18. The predicted molar refractivity (Wildman–Crippen MR) is 105 cm³/mol. The number of primary amides is 1. The average molecular weight is 369 g/mol. The fourth-order valence-corrected chi connectivity index (χ4v) is 5.35. The summed E-state index contributed by atoms with van der Waals surface area (Å²) in [6.07, 6.45) is 0.254. The van der Waals surface area contributed by atoms with Crippen LogP contribution in [0.5, 0.6) is 0 Å². The van der Waals surface area contributed by atoms with E-state index in [0.29, 0.717) is 0 Å². The number of hydrogen-bond acceptors (Lipinski definition) is 4. The Balaban J connectivity index is 1.96. The van der Waals surface area contributed by atoms with Gasteiger partial charge in [-0.1, -0.05) is 66.4 Å². The molecule has 0 aliphatic heterocycles. The molecule has 3 nitrogen and oxygen atoms in total. The first kappa shape index (κ1) is 17.7. The highest BCUT2D eigenvalue weighted by Gasteiger charge is 2.20. The van der Waals surface area contributed by atoms with Gasteiger partial charge >= 0.3 is 0 Å². The molecule has 5 heteroatoms. The van der Waals surface area contributed by atoms with Crippen LogP contribution >= 0.6 is 23.1 Å². The van der Waals surface area contributed by atoms with Gasteiger partial charge in [-0.3, -0.25) is 4.79 Å². The van der Waals surface area contributed by atoms with Crippen molar-refractivity contribution in [3.8, 4) is 0 Å². The van der Waals surface area contributed by atoms with E-state index in [1.807, 2.05) is 13.0 Å². The SMILES string of the molecule is Cc1ccccc1C(Sc1nc(C)c(CC(N)=O)s1)c1ccccc1. The number of thiazole rings is 1. The third kappa shape index (κ3) is 4.30. The first-order valence-electron chi connectivity index (χ1n) is 8.06. The number of nitrogens with two attached hydrogens (primary N) is 1. The zero-order chi connectivity index (χ0) is 17.8. The molecular weight excluding hydrogens is 348 g/mol. The smallest absolute Gasteiger partial charge is 0.222 e. The van der Waals surface area contributed by atoms with Crippen molar-refractivity contribution in [2.24, 2.45) is 5.73 Å². The molecule has 0 fully saturated rings. The summed E-state index contributed by atoms with van der Waals surface area (Å²) >= 11 is 3.29. The highest BCUT2D eigenvalue weighted by atomic mass is 32.2. The number of benzene rings is 2. The highest BCUT2D eigenvalue weighted by molar-refractivity contribution is 8.01. The zero-order valence-electron chi connectivity index (χ0n) is 14.2. The van der Waals surface area contributed by atoms with Crippen LogP contribution in [-0.2, 0) is 11.2 Å². The summed E-state index contributed by atoms with van der Waals surface area (Å²) in [4.78, 5) is 16.8. The van der Waals surface area contributed by atoms with E-state index in [9.17, 15) is 4.79 Å².